The lowest BCUT2D eigenvalue weighted by Crippen LogP contribution is -2.47. The highest BCUT2D eigenvalue weighted by Crippen LogP contribution is 2.40. The lowest BCUT2D eigenvalue weighted by molar-refractivity contribution is -0.139. The lowest BCUT2D eigenvalue weighted by Gasteiger charge is -2.39. The van der Waals surface area contributed by atoms with Crippen LogP contribution in [0.15, 0.2) is 47.2 Å². The second kappa shape index (κ2) is 8.75. The number of hydrogen-bond acceptors (Lipinski definition) is 4. The van der Waals surface area contributed by atoms with Crippen LogP contribution in [0.1, 0.15) is 44.6 Å². The zero-order valence-corrected chi connectivity index (χ0v) is 18.9. The first-order valence-corrected chi connectivity index (χ1v) is 12.4. The molecule has 1 unspecified atom stereocenters. The van der Waals surface area contributed by atoms with Gasteiger partial charge in [-0.25, -0.2) is 8.78 Å². The highest BCUT2D eigenvalue weighted by atomic mass is 32.1. The number of halogens is 2. The summed E-state index contributed by atoms with van der Waals surface area (Å²) >= 11 is 3.41. The number of fused-ring (bicyclic) bond motifs is 1. The van der Waals surface area contributed by atoms with Crippen LogP contribution in [0, 0.1) is 17.6 Å². The van der Waals surface area contributed by atoms with Crippen molar-refractivity contribution in [2.45, 2.75) is 25.3 Å². The van der Waals surface area contributed by atoms with Gasteiger partial charge in [-0.15, -0.1) is 22.7 Å². The van der Waals surface area contributed by atoms with Crippen molar-refractivity contribution in [3.05, 3.63) is 79.7 Å². The van der Waals surface area contributed by atoms with Crippen LogP contribution in [0.5, 0.6) is 0 Å². The minimum atomic E-state index is -0.855. The molecule has 2 aliphatic heterocycles. The standard InChI is InChI=1S/C24H22F2N2O2S2/c25-16-3-4-17(19(26)14-16)24(30)27-9-5-15(6-10-27)23(29)28-11-7-20-18(8-13-32-20)22(28)21-2-1-12-31-21/h1-4,8,12-15,22H,5-7,9-11H2. The van der Waals surface area contributed by atoms with Crippen molar-refractivity contribution < 1.29 is 18.4 Å². The zero-order valence-electron chi connectivity index (χ0n) is 17.3. The molecule has 32 heavy (non-hydrogen) atoms. The summed E-state index contributed by atoms with van der Waals surface area (Å²) < 4.78 is 27.2. The predicted octanol–water partition coefficient (Wildman–Crippen LogP) is 5.11. The molecule has 5 rings (SSSR count). The summed E-state index contributed by atoms with van der Waals surface area (Å²) in [6, 6.07) is 9.17. The number of rotatable bonds is 3. The molecule has 2 aromatic heterocycles. The molecular formula is C24H22F2N2O2S2. The molecule has 0 N–H and O–H groups in total. The van der Waals surface area contributed by atoms with Gasteiger partial charge in [0.25, 0.3) is 5.91 Å². The maximum Gasteiger partial charge on any atom is 0.256 e. The van der Waals surface area contributed by atoms with Crippen molar-refractivity contribution >= 4 is 34.5 Å². The smallest absolute Gasteiger partial charge is 0.256 e. The second-order valence-electron chi connectivity index (χ2n) is 8.19. The summed E-state index contributed by atoms with van der Waals surface area (Å²) in [5, 5.41) is 4.13. The molecule has 2 aliphatic rings. The van der Waals surface area contributed by atoms with Gasteiger partial charge in [-0.05, 0) is 59.9 Å². The summed E-state index contributed by atoms with van der Waals surface area (Å²) in [6.45, 7) is 1.45. The largest absolute Gasteiger partial charge is 0.339 e. The van der Waals surface area contributed by atoms with Crippen molar-refractivity contribution in [3.8, 4) is 0 Å². The van der Waals surface area contributed by atoms with E-state index in [9.17, 15) is 18.4 Å². The van der Waals surface area contributed by atoms with Crippen LogP contribution in [0.4, 0.5) is 8.78 Å². The molecule has 0 spiro atoms. The Morgan fingerprint density at radius 1 is 0.969 bits per heavy atom. The van der Waals surface area contributed by atoms with Crippen molar-refractivity contribution in [3.63, 3.8) is 0 Å². The van der Waals surface area contributed by atoms with Gasteiger partial charge in [0.05, 0.1) is 11.6 Å². The second-order valence-corrected chi connectivity index (χ2v) is 10.2. The van der Waals surface area contributed by atoms with Crippen LogP contribution in [0.25, 0.3) is 0 Å². The molecule has 1 atom stereocenters. The van der Waals surface area contributed by atoms with E-state index in [0.717, 1.165) is 23.4 Å². The molecule has 2 amide bonds. The van der Waals surface area contributed by atoms with Gasteiger partial charge < -0.3 is 9.80 Å². The topological polar surface area (TPSA) is 40.6 Å². The molecule has 1 saturated heterocycles. The third-order valence-electron chi connectivity index (χ3n) is 6.35. The molecule has 4 heterocycles. The van der Waals surface area contributed by atoms with Gasteiger partial charge in [0, 0.05) is 41.4 Å². The number of hydrogen-bond donors (Lipinski definition) is 0. The van der Waals surface area contributed by atoms with Crippen LogP contribution in [0.3, 0.4) is 0 Å². The number of carbonyl (C=O) groups excluding carboxylic acids is 2. The normalized spacial score (nSPS) is 19.1. The molecule has 0 aliphatic carbocycles. The molecule has 1 fully saturated rings. The predicted molar refractivity (Wildman–Crippen MR) is 121 cm³/mol. The van der Waals surface area contributed by atoms with Crippen molar-refractivity contribution in [1.82, 2.24) is 9.80 Å². The van der Waals surface area contributed by atoms with E-state index in [1.54, 1.807) is 27.6 Å². The fourth-order valence-corrected chi connectivity index (χ4v) is 6.46. The summed E-state index contributed by atoms with van der Waals surface area (Å²) in [5.74, 6) is -2.06. The van der Waals surface area contributed by atoms with Gasteiger partial charge >= 0.3 is 0 Å². The average molecular weight is 473 g/mol. The van der Waals surface area contributed by atoms with E-state index in [1.165, 1.54) is 16.5 Å². The van der Waals surface area contributed by atoms with E-state index in [-0.39, 0.29) is 23.4 Å². The fraction of sp³-hybridized carbons (Fsp3) is 0.333. The molecule has 1 aromatic carbocycles. The number of thiophene rings is 2. The van der Waals surface area contributed by atoms with E-state index >= 15 is 0 Å². The van der Waals surface area contributed by atoms with Crippen LogP contribution in [-0.2, 0) is 11.2 Å². The Hall–Kier alpha value is -2.58. The van der Waals surface area contributed by atoms with Crippen molar-refractivity contribution in [2.24, 2.45) is 5.92 Å². The minimum absolute atomic E-state index is 0.0505. The van der Waals surface area contributed by atoms with Crippen molar-refractivity contribution in [1.29, 1.82) is 0 Å². The summed E-state index contributed by atoms with van der Waals surface area (Å²) in [7, 11) is 0. The number of likely N-dealkylation sites (tertiary alicyclic amines) is 1. The third-order valence-corrected chi connectivity index (χ3v) is 8.28. The van der Waals surface area contributed by atoms with E-state index in [2.05, 4.69) is 17.5 Å². The molecule has 3 aromatic rings. The number of nitrogens with zero attached hydrogens (tertiary/aromatic N) is 2. The summed E-state index contributed by atoms with van der Waals surface area (Å²) in [5.41, 5.74) is 1.09. The van der Waals surface area contributed by atoms with E-state index in [4.69, 9.17) is 0 Å². The van der Waals surface area contributed by atoms with Crippen LogP contribution in [0.2, 0.25) is 0 Å². The van der Waals surface area contributed by atoms with Crippen LogP contribution in [-0.4, -0.2) is 41.2 Å². The first kappa shape index (κ1) is 21.3. The molecule has 0 bridgehead atoms. The molecule has 0 saturated carbocycles. The summed E-state index contributed by atoms with van der Waals surface area (Å²) in [6.07, 6.45) is 1.94. The molecule has 166 valence electrons. The third kappa shape index (κ3) is 3.86. The molecule has 8 heteroatoms. The Labute approximate surface area is 193 Å². The monoisotopic (exact) mass is 472 g/mol. The molecular weight excluding hydrogens is 450 g/mol. The highest BCUT2D eigenvalue weighted by molar-refractivity contribution is 7.10. The Balaban J connectivity index is 1.29. The number of carbonyl (C=O) groups is 2. The van der Waals surface area contributed by atoms with E-state index in [0.29, 0.717) is 32.5 Å². The Bertz CT molecular complexity index is 1140. The summed E-state index contributed by atoms with van der Waals surface area (Å²) in [4.78, 5) is 32.3. The van der Waals surface area contributed by atoms with Gasteiger partial charge in [-0.2, -0.15) is 0 Å². The Morgan fingerprint density at radius 2 is 1.78 bits per heavy atom. The Morgan fingerprint density at radius 3 is 2.50 bits per heavy atom. The van der Waals surface area contributed by atoms with Gasteiger partial charge in [-0.3, -0.25) is 9.59 Å². The van der Waals surface area contributed by atoms with Gasteiger partial charge in [0.15, 0.2) is 0 Å². The number of piperidine rings is 1. The molecule has 0 radical (unpaired) electrons. The average Bonchev–Trinajstić information content (AvgIpc) is 3.50. The van der Waals surface area contributed by atoms with E-state index in [1.807, 2.05) is 16.3 Å². The first-order chi connectivity index (χ1) is 15.5. The number of amides is 2. The zero-order chi connectivity index (χ0) is 22.2. The van der Waals surface area contributed by atoms with Gasteiger partial charge in [-0.1, -0.05) is 6.07 Å². The maximum atomic E-state index is 14.0. The SMILES string of the molecule is O=C(c1ccc(F)cc1F)N1CCC(C(=O)N2CCc3sccc3C2c2cccs2)CC1. The van der Waals surface area contributed by atoms with Crippen LogP contribution >= 0.6 is 22.7 Å². The Kier molecular flexibility index (Phi) is 5.82. The van der Waals surface area contributed by atoms with Crippen molar-refractivity contribution in [2.75, 3.05) is 19.6 Å². The maximum absolute atomic E-state index is 14.0. The van der Waals surface area contributed by atoms with Gasteiger partial charge in [0.1, 0.15) is 11.6 Å². The molecule has 4 nitrogen and oxygen atoms in total. The fourth-order valence-electron chi connectivity index (χ4n) is 4.70. The van der Waals surface area contributed by atoms with Gasteiger partial charge in [0.2, 0.25) is 5.91 Å². The lowest BCUT2D eigenvalue weighted by atomic mass is 9.91. The first-order valence-electron chi connectivity index (χ1n) is 10.7. The number of benzene rings is 1. The highest BCUT2D eigenvalue weighted by Gasteiger charge is 2.38. The quantitative estimate of drug-likeness (QED) is 0.531. The minimum Gasteiger partial charge on any atom is -0.339 e. The van der Waals surface area contributed by atoms with E-state index < -0.39 is 17.5 Å². The van der Waals surface area contributed by atoms with Crippen LogP contribution < -0.4 is 0 Å².